The number of rotatable bonds is 5. The highest BCUT2D eigenvalue weighted by Crippen LogP contribution is 2.25. The minimum atomic E-state index is 0.192. The van der Waals surface area contributed by atoms with Crippen LogP contribution in [0.3, 0.4) is 0 Å². The van der Waals surface area contributed by atoms with Gasteiger partial charge in [-0.3, -0.25) is 5.43 Å². The average Bonchev–Trinajstić information content (AvgIpc) is 2.21. The van der Waals surface area contributed by atoms with Gasteiger partial charge in [0, 0.05) is 18.6 Å². The fourth-order valence-corrected chi connectivity index (χ4v) is 2.10. The van der Waals surface area contributed by atoms with E-state index in [-0.39, 0.29) is 6.61 Å². The zero-order valence-electron chi connectivity index (χ0n) is 7.40. The summed E-state index contributed by atoms with van der Waals surface area (Å²) in [5.41, 5.74) is 2.38. The van der Waals surface area contributed by atoms with E-state index >= 15 is 0 Å². The number of hydrogen-bond acceptors (Lipinski definition) is 6. The number of nitrogens with zero attached hydrogens (tertiary/aromatic N) is 2. The molecule has 0 fully saturated rings. The highest BCUT2D eigenvalue weighted by atomic mass is 79.9. The molecule has 0 amide bonds. The third kappa shape index (κ3) is 3.41. The molecule has 0 atom stereocenters. The molecule has 0 spiro atoms. The van der Waals surface area contributed by atoms with Crippen molar-refractivity contribution in [2.45, 2.75) is 11.4 Å². The fourth-order valence-electron chi connectivity index (χ4n) is 0.756. The lowest BCUT2D eigenvalue weighted by molar-refractivity contribution is 0.296. The van der Waals surface area contributed by atoms with Crippen LogP contribution in [0.5, 0.6) is 0 Å². The molecule has 1 rings (SSSR count). The molecule has 0 aliphatic rings. The minimum Gasteiger partial charge on any atom is -0.396 e. The number of hydrogen-bond donors (Lipinski definition) is 3. The third-order valence-corrected chi connectivity index (χ3v) is 3.30. The Morgan fingerprint density at radius 2 is 2.43 bits per heavy atom. The lowest BCUT2D eigenvalue weighted by Gasteiger charge is -2.04. The highest BCUT2D eigenvalue weighted by Gasteiger charge is 2.04. The van der Waals surface area contributed by atoms with Crippen molar-refractivity contribution < 1.29 is 5.11 Å². The smallest absolute Gasteiger partial charge is 0.238 e. The molecule has 0 radical (unpaired) electrons. The van der Waals surface area contributed by atoms with E-state index < -0.39 is 0 Å². The van der Waals surface area contributed by atoms with Crippen molar-refractivity contribution in [3.05, 3.63) is 10.7 Å². The molecule has 0 aromatic carbocycles. The Hall–Kier alpha value is -0.370. The summed E-state index contributed by atoms with van der Waals surface area (Å²) < 4.78 is 0.833. The minimum absolute atomic E-state index is 0.192. The lowest BCUT2D eigenvalue weighted by atomic mass is 10.5. The number of aromatic nitrogens is 2. The van der Waals surface area contributed by atoms with E-state index in [4.69, 9.17) is 10.9 Å². The van der Waals surface area contributed by atoms with Crippen molar-refractivity contribution in [2.24, 2.45) is 5.84 Å². The summed E-state index contributed by atoms with van der Waals surface area (Å²) >= 11 is 4.88. The second-order valence-corrected chi connectivity index (χ2v) is 4.35. The molecule has 1 aromatic rings. The molecule has 0 aliphatic heterocycles. The zero-order valence-corrected chi connectivity index (χ0v) is 9.81. The average molecular weight is 279 g/mol. The first-order chi connectivity index (χ1) is 6.77. The van der Waals surface area contributed by atoms with Gasteiger partial charge in [0.15, 0.2) is 0 Å². The predicted octanol–water partition coefficient (Wildman–Crippen LogP) is 0.999. The summed E-state index contributed by atoms with van der Waals surface area (Å²) in [6, 6.07) is 0. The Morgan fingerprint density at radius 3 is 3.07 bits per heavy atom. The first-order valence-corrected chi connectivity index (χ1v) is 5.78. The number of halogens is 1. The molecule has 0 saturated heterocycles. The first kappa shape index (κ1) is 11.7. The Morgan fingerprint density at radius 1 is 1.64 bits per heavy atom. The van der Waals surface area contributed by atoms with Gasteiger partial charge in [0.1, 0.15) is 5.03 Å². The number of hydrazine groups is 1. The molecule has 0 bridgehead atoms. The molecule has 1 aromatic heterocycles. The van der Waals surface area contributed by atoms with Crippen molar-refractivity contribution in [1.82, 2.24) is 9.97 Å². The number of nitrogens with two attached hydrogens (primary N) is 1. The fraction of sp³-hybridized carbons (Fsp3) is 0.429. The molecule has 7 heteroatoms. The molecular weight excluding hydrogens is 268 g/mol. The van der Waals surface area contributed by atoms with Crippen LogP contribution in [0, 0.1) is 0 Å². The molecule has 0 aliphatic carbocycles. The van der Waals surface area contributed by atoms with Gasteiger partial charge in [0.25, 0.3) is 0 Å². The Balaban J connectivity index is 2.64. The summed E-state index contributed by atoms with van der Waals surface area (Å²) in [6.07, 6.45) is 2.38. The van der Waals surface area contributed by atoms with E-state index in [1.807, 2.05) is 0 Å². The zero-order chi connectivity index (χ0) is 10.4. The van der Waals surface area contributed by atoms with Gasteiger partial charge >= 0.3 is 0 Å². The Bertz CT molecular complexity index is 299. The molecule has 14 heavy (non-hydrogen) atoms. The van der Waals surface area contributed by atoms with E-state index in [2.05, 4.69) is 31.3 Å². The van der Waals surface area contributed by atoms with E-state index in [9.17, 15) is 0 Å². The summed E-state index contributed by atoms with van der Waals surface area (Å²) in [5.74, 6) is 6.39. The van der Waals surface area contributed by atoms with Gasteiger partial charge in [0.05, 0.1) is 4.47 Å². The first-order valence-electron chi connectivity index (χ1n) is 4.00. The predicted molar refractivity (Wildman–Crippen MR) is 60.0 cm³/mol. The number of thioether (sulfide) groups is 1. The second kappa shape index (κ2) is 6.18. The summed E-state index contributed by atoms with van der Waals surface area (Å²) in [5, 5.41) is 9.44. The molecule has 1 heterocycles. The van der Waals surface area contributed by atoms with Crippen LogP contribution >= 0.6 is 27.7 Å². The maximum Gasteiger partial charge on any atom is 0.238 e. The van der Waals surface area contributed by atoms with Crippen LogP contribution in [0.2, 0.25) is 0 Å². The van der Waals surface area contributed by atoms with Crippen LogP contribution in [-0.4, -0.2) is 27.4 Å². The van der Waals surface area contributed by atoms with E-state index in [0.29, 0.717) is 5.95 Å². The monoisotopic (exact) mass is 278 g/mol. The van der Waals surface area contributed by atoms with Crippen molar-refractivity contribution in [3.63, 3.8) is 0 Å². The van der Waals surface area contributed by atoms with E-state index in [0.717, 1.165) is 21.7 Å². The van der Waals surface area contributed by atoms with Gasteiger partial charge in [0.2, 0.25) is 5.95 Å². The molecule has 78 valence electrons. The van der Waals surface area contributed by atoms with Gasteiger partial charge < -0.3 is 5.11 Å². The van der Waals surface area contributed by atoms with Crippen LogP contribution in [-0.2, 0) is 0 Å². The van der Waals surface area contributed by atoms with E-state index in [1.165, 1.54) is 0 Å². The number of aliphatic hydroxyl groups excluding tert-OH is 1. The maximum absolute atomic E-state index is 8.62. The Labute approximate surface area is 94.6 Å². The topological polar surface area (TPSA) is 84.1 Å². The molecule has 0 unspecified atom stereocenters. The van der Waals surface area contributed by atoms with Gasteiger partial charge in [-0.05, 0) is 22.4 Å². The summed E-state index contributed by atoms with van der Waals surface area (Å²) in [7, 11) is 0. The molecule has 5 nitrogen and oxygen atoms in total. The lowest BCUT2D eigenvalue weighted by Crippen LogP contribution is -2.10. The van der Waals surface area contributed by atoms with E-state index in [1.54, 1.807) is 18.0 Å². The van der Waals surface area contributed by atoms with Crippen molar-refractivity contribution in [1.29, 1.82) is 0 Å². The number of nitrogen functional groups attached to an aromatic ring is 1. The van der Waals surface area contributed by atoms with Crippen molar-refractivity contribution in [2.75, 3.05) is 17.8 Å². The number of nitrogens with one attached hydrogen (secondary N) is 1. The molecule has 0 saturated carbocycles. The maximum atomic E-state index is 8.62. The summed E-state index contributed by atoms with van der Waals surface area (Å²) in [4.78, 5) is 8.08. The van der Waals surface area contributed by atoms with Gasteiger partial charge in [-0.25, -0.2) is 15.8 Å². The quantitative estimate of drug-likeness (QED) is 0.245. The molecular formula is C7H11BrN4OS. The van der Waals surface area contributed by atoms with Crippen LogP contribution in [0.1, 0.15) is 6.42 Å². The van der Waals surface area contributed by atoms with Gasteiger partial charge in [-0.1, -0.05) is 0 Å². The van der Waals surface area contributed by atoms with Gasteiger partial charge in [-0.15, -0.1) is 11.8 Å². The van der Waals surface area contributed by atoms with Crippen LogP contribution in [0.4, 0.5) is 5.95 Å². The summed E-state index contributed by atoms with van der Waals surface area (Å²) in [6.45, 7) is 0.192. The van der Waals surface area contributed by atoms with Crippen LogP contribution in [0.15, 0.2) is 15.7 Å². The second-order valence-electron chi connectivity index (χ2n) is 2.42. The SMILES string of the molecule is NNc1ncc(Br)c(SCCCO)n1. The number of anilines is 1. The largest absolute Gasteiger partial charge is 0.396 e. The van der Waals surface area contributed by atoms with Crippen molar-refractivity contribution >= 4 is 33.6 Å². The Kier molecular flexibility index (Phi) is 5.16. The molecule has 4 N–H and O–H groups in total. The van der Waals surface area contributed by atoms with Crippen LogP contribution < -0.4 is 11.3 Å². The highest BCUT2D eigenvalue weighted by molar-refractivity contribution is 9.10. The van der Waals surface area contributed by atoms with Gasteiger partial charge in [-0.2, -0.15) is 0 Å². The standard InChI is InChI=1S/C7H11BrN4OS/c8-5-4-10-7(12-9)11-6(5)14-3-1-2-13/h4,13H,1-3,9H2,(H,10,11,12). The van der Waals surface area contributed by atoms with Crippen LogP contribution in [0.25, 0.3) is 0 Å². The normalized spacial score (nSPS) is 10.2. The van der Waals surface area contributed by atoms with Crippen molar-refractivity contribution in [3.8, 4) is 0 Å². The number of aliphatic hydroxyl groups is 1. The third-order valence-electron chi connectivity index (χ3n) is 1.38.